The second kappa shape index (κ2) is 6.03. The molecule has 1 nitrogen and oxygen atoms in total. The van der Waals surface area contributed by atoms with Crippen molar-refractivity contribution in [3.8, 4) is 0 Å². The molecule has 0 saturated heterocycles. The molecule has 1 aromatic rings. The van der Waals surface area contributed by atoms with Crippen LogP contribution in [0, 0.1) is 24.7 Å². The molecule has 1 aromatic carbocycles. The number of benzene rings is 1. The van der Waals surface area contributed by atoms with Gasteiger partial charge in [0.05, 0.1) is 0 Å². The Labute approximate surface area is 138 Å². The van der Waals surface area contributed by atoms with E-state index < -0.39 is 8.24 Å². The Hall–Kier alpha value is -0.763. The minimum absolute atomic E-state index is 0.963. The number of rotatable bonds is 3. The van der Waals surface area contributed by atoms with Gasteiger partial charge >= 0.3 is 0 Å². The Morgan fingerprint density at radius 2 is 1.73 bits per heavy atom. The van der Waals surface area contributed by atoms with Gasteiger partial charge in [-0.2, -0.15) is 0 Å². The van der Waals surface area contributed by atoms with Crippen LogP contribution < -0.4 is 4.57 Å². The summed E-state index contributed by atoms with van der Waals surface area (Å²) in [5, 5.41) is 0. The first-order valence-electron chi connectivity index (χ1n) is 9.20. The van der Waals surface area contributed by atoms with Gasteiger partial charge in [0, 0.05) is 5.69 Å². The lowest BCUT2D eigenvalue weighted by atomic mass is 9.81. The fourth-order valence-corrected chi connectivity index (χ4v) is 8.99. The first kappa shape index (κ1) is 16.1. The van der Waals surface area contributed by atoms with Crippen molar-refractivity contribution in [1.29, 1.82) is 0 Å². The topological polar surface area (TPSA) is 3.24 Å². The monoisotopic (exact) mass is 315 g/mol. The maximum Gasteiger partial charge on any atom is 0.153 e. The molecule has 4 atom stereocenters. The summed E-state index contributed by atoms with van der Waals surface area (Å²) < 4.78 is 2.68. The third-order valence-electron chi connectivity index (χ3n) is 6.79. The number of fused-ring (bicyclic) bond motifs is 1. The van der Waals surface area contributed by atoms with Gasteiger partial charge < -0.3 is 4.57 Å². The molecule has 2 saturated carbocycles. The van der Waals surface area contributed by atoms with Crippen molar-refractivity contribution in [2.45, 2.75) is 64.6 Å². The van der Waals surface area contributed by atoms with Crippen LogP contribution in [0.5, 0.6) is 0 Å². The summed E-state index contributed by atoms with van der Waals surface area (Å²) in [5.74, 6) is 3.01. The van der Waals surface area contributed by atoms with Crippen LogP contribution in [-0.4, -0.2) is 15.3 Å². The Morgan fingerprint density at radius 3 is 2.41 bits per heavy atom. The van der Waals surface area contributed by atoms with Crippen LogP contribution >= 0.6 is 0 Å². The van der Waals surface area contributed by atoms with Gasteiger partial charge in [0.2, 0.25) is 0 Å². The zero-order chi connectivity index (χ0) is 15.9. The smallest absolute Gasteiger partial charge is 0.153 e. The zero-order valence-electron chi connectivity index (χ0n) is 15.1. The van der Waals surface area contributed by atoms with Crippen molar-refractivity contribution in [3.05, 3.63) is 29.8 Å². The summed E-state index contributed by atoms with van der Waals surface area (Å²) in [6.45, 7) is 9.89. The van der Waals surface area contributed by atoms with Crippen LogP contribution in [0.4, 0.5) is 5.69 Å². The largest absolute Gasteiger partial charge is 0.400 e. The van der Waals surface area contributed by atoms with Gasteiger partial charge in [0.1, 0.15) is 0 Å². The number of hydrogen-bond acceptors (Lipinski definition) is 1. The van der Waals surface area contributed by atoms with Crippen molar-refractivity contribution < 1.29 is 0 Å². The highest BCUT2D eigenvalue weighted by Gasteiger charge is 2.48. The van der Waals surface area contributed by atoms with E-state index in [1.54, 1.807) is 0 Å². The predicted molar refractivity (Wildman–Crippen MR) is 100 cm³/mol. The molecule has 0 N–H and O–H groups in total. The lowest BCUT2D eigenvalue weighted by molar-refractivity contribution is 0.270. The molecule has 0 spiro atoms. The first-order chi connectivity index (χ1) is 10.4. The highest BCUT2D eigenvalue weighted by atomic mass is 28.3. The highest BCUT2D eigenvalue weighted by molar-refractivity contribution is 6.82. The van der Waals surface area contributed by atoms with E-state index in [0.29, 0.717) is 0 Å². The highest BCUT2D eigenvalue weighted by Crippen LogP contribution is 2.54. The van der Waals surface area contributed by atoms with E-state index in [2.05, 4.69) is 62.8 Å². The van der Waals surface area contributed by atoms with Gasteiger partial charge in [-0.1, -0.05) is 57.0 Å². The summed E-state index contributed by atoms with van der Waals surface area (Å²) in [6, 6.07) is 9.17. The Balaban J connectivity index is 1.83. The Kier molecular flexibility index (Phi) is 4.42. The molecule has 22 heavy (non-hydrogen) atoms. The second-order valence-corrected chi connectivity index (χ2v) is 13.3. The SMILES string of the molecule is Cc1ccc(N(C)[Si](C)(C)C2CCCC3CC(C)CC32)cc1. The van der Waals surface area contributed by atoms with Crippen LogP contribution in [0.2, 0.25) is 18.6 Å². The summed E-state index contributed by atoms with van der Waals surface area (Å²) in [4.78, 5) is 0. The Bertz CT molecular complexity index is 507. The van der Waals surface area contributed by atoms with E-state index >= 15 is 0 Å². The summed E-state index contributed by atoms with van der Waals surface area (Å²) >= 11 is 0. The van der Waals surface area contributed by atoms with Crippen LogP contribution in [0.15, 0.2) is 24.3 Å². The molecule has 3 rings (SSSR count). The fourth-order valence-electron chi connectivity index (χ4n) is 5.31. The number of anilines is 1. The minimum Gasteiger partial charge on any atom is -0.400 e. The zero-order valence-corrected chi connectivity index (χ0v) is 16.1. The molecule has 2 heteroatoms. The van der Waals surface area contributed by atoms with Crippen molar-refractivity contribution in [1.82, 2.24) is 0 Å². The predicted octanol–water partition coefficient (Wildman–Crippen LogP) is 5.85. The van der Waals surface area contributed by atoms with Crippen molar-refractivity contribution >= 4 is 13.9 Å². The third-order valence-corrected chi connectivity index (χ3v) is 11.3. The molecule has 2 aliphatic rings. The molecule has 0 heterocycles. The normalized spacial score (nSPS) is 31.9. The molecular formula is C20H33NSi. The molecule has 0 radical (unpaired) electrons. The lowest BCUT2D eigenvalue weighted by Crippen LogP contribution is -2.53. The number of hydrogen-bond donors (Lipinski definition) is 0. The fraction of sp³-hybridized carbons (Fsp3) is 0.700. The first-order valence-corrected chi connectivity index (χ1v) is 12.2. The van der Waals surface area contributed by atoms with Gasteiger partial charge in [-0.05, 0) is 62.2 Å². The van der Waals surface area contributed by atoms with Crippen LogP contribution in [0.1, 0.15) is 44.6 Å². The van der Waals surface area contributed by atoms with Gasteiger partial charge in [-0.3, -0.25) is 0 Å². The maximum absolute atomic E-state index is 2.68. The van der Waals surface area contributed by atoms with E-state index in [4.69, 9.17) is 0 Å². The van der Waals surface area contributed by atoms with Gasteiger partial charge in [0.25, 0.3) is 0 Å². The van der Waals surface area contributed by atoms with Crippen LogP contribution in [-0.2, 0) is 0 Å². The molecule has 0 aliphatic heterocycles. The van der Waals surface area contributed by atoms with E-state index in [9.17, 15) is 0 Å². The molecule has 0 amide bonds. The van der Waals surface area contributed by atoms with E-state index in [1.165, 1.54) is 43.4 Å². The quantitative estimate of drug-likeness (QED) is 0.632. The van der Waals surface area contributed by atoms with Crippen molar-refractivity contribution in [2.24, 2.45) is 17.8 Å². The van der Waals surface area contributed by atoms with Gasteiger partial charge in [-0.15, -0.1) is 0 Å². The van der Waals surface area contributed by atoms with E-state index in [1.807, 2.05) is 0 Å². The average molecular weight is 316 g/mol. The molecule has 0 aromatic heterocycles. The molecule has 4 unspecified atom stereocenters. The molecule has 122 valence electrons. The van der Waals surface area contributed by atoms with Crippen LogP contribution in [0.25, 0.3) is 0 Å². The molecule has 2 aliphatic carbocycles. The lowest BCUT2D eigenvalue weighted by Gasteiger charge is -2.48. The average Bonchev–Trinajstić information content (AvgIpc) is 2.87. The summed E-state index contributed by atoms with van der Waals surface area (Å²) in [7, 11) is 0.914. The third kappa shape index (κ3) is 2.87. The standard InChI is InChI=1S/C20H33NSi/c1-15-9-11-18(12-10-15)21(3)22(4,5)20-8-6-7-17-13-16(2)14-19(17)20/h9-12,16-17,19-20H,6-8,13-14H2,1-5H3. The number of nitrogens with zero attached hydrogens (tertiary/aromatic N) is 1. The number of aryl methyl sites for hydroxylation is 1. The maximum atomic E-state index is 2.68. The second-order valence-electron chi connectivity index (χ2n) is 8.59. The molecule has 0 bridgehead atoms. The van der Waals surface area contributed by atoms with Gasteiger partial charge in [-0.25, -0.2) is 0 Å². The summed E-state index contributed by atoms with van der Waals surface area (Å²) in [6.07, 6.45) is 7.44. The molecular weight excluding hydrogens is 282 g/mol. The van der Waals surface area contributed by atoms with E-state index in [-0.39, 0.29) is 0 Å². The van der Waals surface area contributed by atoms with Crippen molar-refractivity contribution in [2.75, 3.05) is 11.6 Å². The summed E-state index contributed by atoms with van der Waals surface area (Å²) in [5.41, 5.74) is 3.76. The molecule has 2 fully saturated rings. The Morgan fingerprint density at radius 1 is 1.05 bits per heavy atom. The van der Waals surface area contributed by atoms with E-state index in [0.717, 1.165) is 23.3 Å². The van der Waals surface area contributed by atoms with Gasteiger partial charge in [0.15, 0.2) is 8.24 Å². The minimum atomic E-state index is -1.45. The van der Waals surface area contributed by atoms with Crippen molar-refractivity contribution in [3.63, 3.8) is 0 Å². The van der Waals surface area contributed by atoms with Crippen LogP contribution in [0.3, 0.4) is 0 Å².